The van der Waals surface area contributed by atoms with Crippen molar-refractivity contribution in [3.63, 3.8) is 0 Å². The molecule has 0 aliphatic heterocycles. The van der Waals surface area contributed by atoms with Gasteiger partial charge < -0.3 is 15.0 Å². The van der Waals surface area contributed by atoms with Crippen LogP contribution < -0.4 is 5.32 Å². The molecule has 6 nitrogen and oxygen atoms in total. The van der Waals surface area contributed by atoms with E-state index in [0.29, 0.717) is 11.7 Å². The van der Waals surface area contributed by atoms with E-state index in [1.54, 1.807) is 4.90 Å². The zero-order chi connectivity index (χ0) is 19.9. The number of rotatable bonds is 9. The van der Waals surface area contributed by atoms with Crippen molar-refractivity contribution in [1.29, 1.82) is 0 Å². The van der Waals surface area contributed by atoms with Crippen molar-refractivity contribution in [3.05, 3.63) is 17.0 Å². The van der Waals surface area contributed by atoms with Gasteiger partial charge >= 0.3 is 0 Å². The zero-order valence-corrected chi connectivity index (χ0v) is 18.0. The van der Waals surface area contributed by atoms with Gasteiger partial charge in [0.15, 0.2) is 5.69 Å². The molecule has 1 aromatic rings. The highest BCUT2D eigenvalue weighted by atomic mass is 16.5. The average Bonchev–Trinajstić information content (AvgIpc) is 3.05. The Labute approximate surface area is 170 Å². The standard InChI is InChI=1S/C22H38N4O2/c1-4-28-14-8-13-23-18-11-12-20-19(15-18)21(22(27)25(2)3)24-26(20)16-17-9-6-5-7-10-17/h17-18,23H,4-16H2,1-3H3. The second kappa shape index (κ2) is 10.4. The second-order valence-corrected chi connectivity index (χ2v) is 8.60. The van der Waals surface area contributed by atoms with Crippen LogP contribution in [0, 0.1) is 5.92 Å². The monoisotopic (exact) mass is 390 g/mol. The summed E-state index contributed by atoms with van der Waals surface area (Å²) >= 11 is 0. The first-order chi connectivity index (χ1) is 13.6. The fraction of sp³-hybridized carbons (Fsp3) is 0.818. The summed E-state index contributed by atoms with van der Waals surface area (Å²) in [7, 11) is 3.64. The minimum atomic E-state index is 0.0376. The van der Waals surface area contributed by atoms with Crippen LogP contribution in [0.5, 0.6) is 0 Å². The third kappa shape index (κ3) is 5.35. The Kier molecular flexibility index (Phi) is 7.91. The highest BCUT2D eigenvalue weighted by Gasteiger charge is 2.30. The lowest BCUT2D eigenvalue weighted by Gasteiger charge is -2.26. The molecule has 2 aliphatic carbocycles. The van der Waals surface area contributed by atoms with Gasteiger partial charge in [0, 0.05) is 51.2 Å². The summed E-state index contributed by atoms with van der Waals surface area (Å²) in [6, 6.07) is 0.426. The van der Waals surface area contributed by atoms with Crippen molar-refractivity contribution in [2.75, 3.05) is 33.9 Å². The number of hydrogen-bond acceptors (Lipinski definition) is 4. The minimum absolute atomic E-state index is 0.0376. The number of amides is 1. The first-order valence-corrected chi connectivity index (χ1v) is 11.2. The van der Waals surface area contributed by atoms with Crippen molar-refractivity contribution >= 4 is 5.91 Å². The maximum absolute atomic E-state index is 12.8. The Bertz CT molecular complexity index is 635. The van der Waals surface area contributed by atoms with Gasteiger partial charge in [-0.2, -0.15) is 5.10 Å². The molecule has 0 saturated heterocycles. The summed E-state index contributed by atoms with van der Waals surface area (Å²) < 4.78 is 7.62. The molecule has 1 aromatic heterocycles. The molecule has 3 rings (SSSR count). The van der Waals surface area contributed by atoms with E-state index in [0.717, 1.165) is 57.9 Å². The number of carbonyl (C=O) groups excluding carboxylic acids is 1. The average molecular weight is 391 g/mol. The molecule has 6 heteroatoms. The molecule has 1 atom stereocenters. The fourth-order valence-corrected chi connectivity index (χ4v) is 4.64. The highest BCUT2D eigenvalue weighted by molar-refractivity contribution is 5.93. The third-order valence-corrected chi connectivity index (χ3v) is 6.21. The summed E-state index contributed by atoms with van der Waals surface area (Å²) in [6.07, 6.45) is 10.7. The molecule has 0 bridgehead atoms. The van der Waals surface area contributed by atoms with Crippen LogP contribution in [0.3, 0.4) is 0 Å². The van der Waals surface area contributed by atoms with E-state index < -0.39 is 0 Å². The van der Waals surface area contributed by atoms with Crippen molar-refractivity contribution in [1.82, 2.24) is 20.0 Å². The molecule has 0 aromatic carbocycles. The smallest absolute Gasteiger partial charge is 0.274 e. The first-order valence-electron chi connectivity index (χ1n) is 11.2. The van der Waals surface area contributed by atoms with Gasteiger partial charge in [0.05, 0.1) is 0 Å². The fourth-order valence-electron chi connectivity index (χ4n) is 4.64. The number of ether oxygens (including phenoxy) is 1. The quantitative estimate of drug-likeness (QED) is 0.659. The molecule has 1 unspecified atom stereocenters. The van der Waals surface area contributed by atoms with Crippen molar-refractivity contribution in [2.24, 2.45) is 5.92 Å². The van der Waals surface area contributed by atoms with E-state index in [1.165, 1.54) is 43.4 Å². The molecular weight excluding hydrogens is 352 g/mol. The molecule has 28 heavy (non-hydrogen) atoms. The van der Waals surface area contributed by atoms with Gasteiger partial charge in [0.1, 0.15) is 0 Å². The van der Waals surface area contributed by atoms with Crippen LogP contribution in [0.4, 0.5) is 0 Å². The summed E-state index contributed by atoms with van der Waals surface area (Å²) in [4.78, 5) is 14.4. The van der Waals surface area contributed by atoms with E-state index in [1.807, 2.05) is 21.0 Å². The predicted octanol–water partition coefficient (Wildman–Crippen LogP) is 3.04. The number of aromatic nitrogens is 2. The normalized spacial score (nSPS) is 20.2. The second-order valence-electron chi connectivity index (χ2n) is 8.60. The first kappa shape index (κ1) is 21.3. The SMILES string of the molecule is CCOCCCNC1CCc2c(c(C(=O)N(C)C)nn2CC2CCCCC2)C1. The van der Waals surface area contributed by atoms with Gasteiger partial charge in [0.25, 0.3) is 5.91 Å². The maximum Gasteiger partial charge on any atom is 0.274 e. The van der Waals surface area contributed by atoms with E-state index in [2.05, 4.69) is 10.00 Å². The van der Waals surface area contributed by atoms with Crippen molar-refractivity contribution < 1.29 is 9.53 Å². The van der Waals surface area contributed by atoms with E-state index >= 15 is 0 Å². The van der Waals surface area contributed by atoms with Crippen LogP contribution in [0.2, 0.25) is 0 Å². The maximum atomic E-state index is 12.8. The van der Waals surface area contributed by atoms with Gasteiger partial charge in [-0.25, -0.2) is 0 Å². The molecule has 1 heterocycles. The summed E-state index contributed by atoms with van der Waals surface area (Å²) in [5.74, 6) is 0.755. The molecule has 158 valence electrons. The molecule has 1 fully saturated rings. The Hall–Kier alpha value is -1.40. The summed E-state index contributed by atoms with van der Waals surface area (Å²) in [6.45, 7) is 5.57. The largest absolute Gasteiger partial charge is 0.382 e. The van der Waals surface area contributed by atoms with Gasteiger partial charge in [-0.15, -0.1) is 0 Å². The predicted molar refractivity (Wildman–Crippen MR) is 112 cm³/mol. The number of hydrogen-bond donors (Lipinski definition) is 1. The van der Waals surface area contributed by atoms with Gasteiger partial charge in [-0.05, 0) is 57.9 Å². The minimum Gasteiger partial charge on any atom is -0.382 e. The van der Waals surface area contributed by atoms with E-state index in [9.17, 15) is 4.79 Å². The van der Waals surface area contributed by atoms with Crippen LogP contribution >= 0.6 is 0 Å². The summed E-state index contributed by atoms with van der Waals surface area (Å²) in [5, 5.41) is 8.51. The topological polar surface area (TPSA) is 59.4 Å². The van der Waals surface area contributed by atoms with Crippen LogP contribution in [-0.4, -0.2) is 60.5 Å². The van der Waals surface area contributed by atoms with Gasteiger partial charge in [0.2, 0.25) is 0 Å². The van der Waals surface area contributed by atoms with Crippen LogP contribution in [-0.2, 0) is 24.1 Å². The zero-order valence-electron chi connectivity index (χ0n) is 18.0. The number of nitrogens with zero attached hydrogens (tertiary/aromatic N) is 3. The number of nitrogens with one attached hydrogen (secondary N) is 1. The number of carbonyl (C=O) groups is 1. The number of fused-ring (bicyclic) bond motifs is 1. The highest BCUT2D eigenvalue weighted by Crippen LogP contribution is 2.29. The molecule has 1 amide bonds. The van der Waals surface area contributed by atoms with Gasteiger partial charge in [-0.1, -0.05) is 19.3 Å². The molecule has 1 saturated carbocycles. The van der Waals surface area contributed by atoms with Crippen molar-refractivity contribution in [3.8, 4) is 0 Å². The Morgan fingerprint density at radius 2 is 2.04 bits per heavy atom. The lowest BCUT2D eigenvalue weighted by atomic mass is 9.88. The van der Waals surface area contributed by atoms with Crippen LogP contribution in [0.1, 0.15) is 73.6 Å². The molecule has 0 radical (unpaired) electrons. The van der Waals surface area contributed by atoms with Crippen LogP contribution in [0.25, 0.3) is 0 Å². The van der Waals surface area contributed by atoms with Crippen LogP contribution in [0.15, 0.2) is 0 Å². The Morgan fingerprint density at radius 1 is 1.25 bits per heavy atom. The molecular formula is C22H38N4O2. The molecule has 1 N–H and O–H groups in total. The molecule has 2 aliphatic rings. The van der Waals surface area contributed by atoms with E-state index in [-0.39, 0.29) is 5.91 Å². The van der Waals surface area contributed by atoms with E-state index in [4.69, 9.17) is 9.84 Å². The third-order valence-electron chi connectivity index (χ3n) is 6.21. The van der Waals surface area contributed by atoms with Crippen molar-refractivity contribution in [2.45, 2.75) is 77.3 Å². The lowest BCUT2D eigenvalue weighted by Crippen LogP contribution is -2.36. The summed E-state index contributed by atoms with van der Waals surface area (Å²) in [5.41, 5.74) is 3.17. The van der Waals surface area contributed by atoms with Gasteiger partial charge in [-0.3, -0.25) is 9.48 Å². The molecule has 0 spiro atoms. The Morgan fingerprint density at radius 3 is 2.75 bits per heavy atom. The Balaban J connectivity index is 1.70. The lowest BCUT2D eigenvalue weighted by molar-refractivity contribution is 0.0819.